The molecule has 0 unspecified atom stereocenters. The molecule has 1 N–H and O–H groups in total. The van der Waals surface area contributed by atoms with Gasteiger partial charge in [0.2, 0.25) is 0 Å². The van der Waals surface area contributed by atoms with Crippen LogP contribution in [0.4, 0.5) is 5.69 Å². The Morgan fingerprint density at radius 3 is 2.47 bits per heavy atom. The molecule has 2 saturated heterocycles. The zero-order chi connectivity index (χ0) is 20.3. The van der Waals surface area contributed by atoms with Crippen molar-refractivity contribution >= 4 is 11.6 Å². The molecule has 2 aromatic rings. The number of rotatable bonds is 7. The van der Waals surface area contributed by atoms with Gasteiger partial charge in [0.15, 0.2) is 0 Å². The fraction of sp³-hybridized carbons (Fsp3) is 0.480. The average Bonchev–Trinajstić information content (AvgIpc) is 3.34. The van der Waals surface area contributed by atoms with Crippen molar-refractivity contribution in [2.75, 3.05) is 18.4 Å². The van der Waals surface area contributed by atoms with Crippen LogP contribution in [0.1, 0.15) is 54.4 Å². The number of hydrogen-bond acceptors (Lipinski definition) is 4. The number of carbonyl (C=O) groups excluding carboxylic acids is 1. The average molecular weight is 407 g/mol. The minimum atomic E-state index is -0.104. The maximum Gasteiger partial charge on any atom is 0.255 e. The van der Waals surface area contributed by atoms with Gasteiger partial charge in [0.1, 0.15) is 11.9 Å². The van der Waals surface area contributed by atoms with Crippen LogP contribution in [0.5, 0.6) is 5.75 Å². The summed E-state index contributed by atoms with van der Waals surface area (Å²) in [5.41, 5.74) is 2.53. The Morgan fingerprint density at radius 2 is 1.73 bits per heavy atom. The minimum Gasteiger partial charge on any atom is -0.489 e. The van der Waals surface area contributed by atoms with Gasteiger partial charge in [-0.05, 0) is 87.0 Å². The quantitative estimate of drug-likeness (QED) is 0.729. The molecular formula is C25H30N2O3. The van der Waals surface area contributed by atoms with Crippen molar-refractivity contribution < 1.29 is 14.3 Å². The molecule has 0 spiro atoms. The maximum absolute atomic E-state index is 12.6. The first-order chi connectivity index (χ1) is 14.7. The zero-order valence-electron chi connectivity index (χ0n) is 17.4. The summed E-state index contributed by atoms with van der Waals surface area (Å²) in [5.74, 6) is 0.773. The lowest BCUT2D eigenvalue weighted by molar-refractivity contribution is -0.00866. The molecule has 1 saturated carbocycles. The predicted octanol–water partition coefficient (Wildman–Crippen LogP) is 4.62. The molecule has 5 nitrogen and oxygen atoms in total. The zero-order valence-corrected chi connectivity index (χ0v) is 17.4. The van der Waals surface area contributed by atoms with Gasteiger partial charge in [-0.25, -0.2) is 0 Å². The van der Waals surface area contributed by atoms with Crippen LogP contribution < -0.4 is 10.1 Å². The number of hydrogen-bond donors (Lipinski definition) is 1. The third-order valence-electron chi connectivity index (χ3n) is 6.70. The van der Waals surface area contributed by atoms with Crippen molar-refractivity contribution in [1.82, 2.24) is 4.90 Å². The molecule has 2 aromatic carbocycles. The van der Waals surface area contributed by atoms with Crippen molar-refractivity contribution in [2.24, 2.45) is 0 Å². The van der Waals surface area contributed by atoms with Gasteiger partial charge in [-0.3, -0.25) is 9.69 Å². The molecule has 2 atom stereocenters. The molecule has 2 aliphatic heterocycles. The van der Waals surface area contributed by atoms with Crippen molar-refractivity contribution in [1.29, 1.82) is 0 Å². The highest BCUT2D eigenvalue weighted by Gasteiger charge is 2.38. The predicted molar refractivity (Wildman–Crippen MR) is 117 cm³/mol. The Balaban J connectivity index is 1.13. The molecule has 2 heterocycles. The Bertz CT molecular complexity index is 861. The van der Waals surface area contributed by atoms with Crippen LogP contribution >= 0.6 is 0 Å². The number of anilines is 1. The van der Waals surface area contributed by atoms with Gasteiger partial charge in [-0.1, -0.05) is 12.1 Å². The Kier molecular flexibility index (Phi) is 5.73. The maximum atomic E-state index is 12.6. The molecule has 1 amide bonds. The van der Waals surface area contributed by atoms with Crippen LogP contribution in [-0.2, 0) is 11.3 Å². The number of nitrogens with one attached hydrogen (secondary N) is 1. The fourth-order valence-electron chi connectivity index (χ4n) is 4.67. The molecular weight excluding hydrogens is 376 g/mol. The molecule has 158 valence electrons. The second kappa shape index (κ2) is 8.78. The summed E-state index contributed by atoms with van der Waals surface area (Å²) >= 11 is 0. The number of nitrogens with zero attached hydrogens (tertiary/aromatic N) is 1. The van der Waals surface area contributed by atoms with Gasteiger partial charge in [0, 0.05) is 23.8 Å². The second-order valence-electron chi connectivity index (χ2n) is 8.73. The summed E-state index contributed by atoms with van der Waals surface area (Å²) in [4.78, 5) is 15.1. The van der Waals surface area contributed by atoms with E-state index in [1.807, 2.05) is 48.5 Å². The third-order valence-corrected chi connectivity index (χ3v) is 6.70. The smallest absolute Gasteiger partial charge is 0.255 e. The summed E-state index contributed by atoms with van der Waals surface area (Å²) in [7, 11) is 0. The van der Waals surface area contributed by atoms with E-state index in [1.54, 1.807) is 0 Å². The van der Waals surface area contributed by atoms with E-state index in [2.05, 4.69) is 10.2 Å². The molecule has 5 rings (SSSR count). The Hall–Kier alpha value is -2.37. The van der Waals surface area contributed by atoms with E-state index < -0.39 is 0 Å². The first-order valence-corrected chi connectivity index (χ1v) is 11.3. The van der Waals surface area contributed by atoms with Gasteiger partial charge in [0.05, 0.1) is 12.7 Å². The summed E-state index contributed by atoms with van der Waals surface area (Å²) in [6.45, 7) is 2.98. The fourth-order valence-corrected chi connectivity index (χ4v) is 4.67. The molecule has 0 aromatic heterocycles. The normalized spacial score (nSPS) is 23.7. The van der Waals surface area contributed by atoms with E-state index in [1.165, 1.54) is 38.6 Å². The minimum absolute atomic E-state index is 0.104. The standard InChI is InChI=1S/C25H30N2O3/c28-25(19-8-6-18(7-9-19)17-29-21-3-1-4-21)26-20-10-12-22(13-11-20)30-24-14-16-27-15-2-5-23(24)27/h6-13,21,23-24H,1-5,14-17H2,(H,26,28)/t23-,24+/m1/s1. The highest BCUT2D eigenvalue weighted by atomic mass is 16.5. The summed E-state index contributed by atoms with van der Waals surface area (Å²) in [6.07, 6.45) is 7.95. The van der Waals surface area contributed by atoms with E-state index in [0.29, 0.717) is 30.4 Å². The van der Waals surface area contributed by atoms with Crippen LogP contribution in [0, 0.1) is 0 Å². The summed E-state index contributed by atoms with van der Waals surface area (Å²) in [6, 6.07) is 16.0. The lowest BCUT2D eigenvalue weighted by atomic mass is 9.96. The molecule has 30 heavy (non-hydrogen) atoms. The summed E-state index contributed by atoms with van der Waals surface area (Å²) in [5, 5.41) is 2.97. The van der Waals surface area contributed by atoms with E-state index in [9.17, 15) is 4.79 Å². The molecule has 1 aliphatic carbocycles. The van der Waals surface area contributed by atoms with E-state index in [4.69, 9.17) is 9.47 Å². The van der Waals surface area contributed by atoms with Gasteiger partial charge in [0.25, 0.3) is 5.91 Å². The third kappa shape index (κ3) is 4.37. The number of fused-ring (bicyclic) bond motifs is 1. The molecule has 3 fully saturated rings. The Labute approximate surface area is 178 Å². The lowest BCUT2D eigenvalue weighted by Gasteiger charge is -2.25. The summed E-state index contributed by atoms with van der Waals surface area (Å²) < 4.78 is 12.1. The van der Waals surface area contributed by atoms with Gasteiger partial charge >= 0.3 is 0 Å². The SMILES string of the molecule is O=C(Nc1ccc(O[C@H]2CCN3CCC[C@H]23)cc1)c1ccc(COC2CCC2)cc1. The Morgan fingerprint density at radius 1 is 0.933 bits per heavy atom. The number of carbonyl (C=O) groups is 1. The van der Waals surface area contributed by atoms with Gasteiger partial charge < -0.3 is 14.8 Å². The van der Waals surface area contributed by atoms with Crippen molar-refractivity contribution in [2.45, 2.75) is 63.4 Å². The van der Waals surface area contributed by atoms with Crippen LogP contribution in [-0.4, -0.2) is 42.1 Å². The molecule has 0 radical (unpaired) electrons. The molecule has 5 heteroatoms. The first kappa shape index (κ1) is 19.6. The van der Waals surface area contributed by atoms with Crippen LogP contribution in [0.3, 0.4) is 0 Å². The number of benzene rings is 2. The van der Waals surface area contributed by atoms with Crippen LogP contribution in [0.25, 0.3) is 0 Å². The van der Waals surface area contributed by atoms with E-state index in [0.717, 1.165) is 30.0 Å². The number of ether oxygens (including phenoxy) is 2. The highest BCUT2D eigenvalue weighted by Crippen LogP contribution is 2.31. The topological polar surface area (TPSA) is 50.8 Å². The van der Waals surface area contributed by atoms with E-state index >= 15 is 0 Å². The van der Waals surface area contributed by atoms with Crippen LogP contribution in [0.15, 0.2) is 48.5 Å². The number of amides is 1. The monoisotopic (exact) mass is 406 g/mol. The largest absolute Gasteiger partial charge is 0.489 e. The van der Waals surface area contributed by atoms with Crippen molar-refractivity contribution in [3.05, 3.63) is 59.7 Å². The lowest BCUT2D eigenvalue weighted by Crippen LogP contribution is -2.32. The molecule has 0 bridgehead atoms. The highest BCUT2D eigenvalue weighted by molar-refractivity contribution is 6.04. The molecule has 3 aliphatic rings. The first-order valence-electron chi connectivity index (χ1n) is 11.3. The van der Waals surface area contributed by atoms with Gasteiger partial charge in [-0.2, -0.15) is 0 Å². The van der Waals surface area contributed by atoms with Crippen LogP contribution in [0.2, 0.25) is 0 Å². The van der Waals surface area contributed by atoms with Gasteiger partial charge in [-0.15, -0.1) is 0 Å². The van der Waals surface area contributed by atoms with E-state index in [-0.39, 0.29) is 5.91 Å². The van der Waals surface area contributed by atoms with Crippen molar-refractivity contribution in [3.8, 4) is 5.75 Å². The van der Waals surface area contributed by atoms with Crippen molar-refractivity contribution in [3.63, 3.8) is 0 Å². The second-order valence-corrected chi connectivity index (χ2v) is 8.73.